The average Bonchev–Trinajstić information content (AvgIpc) is 2.92. The highest BCUT2D eigenvalue weighted by Crippen LogP contribution is 2.13. The topological polar surface area (TPSA) is 80.9 Å². The molecule has 106 valence electrons. The number of thiophene rings is 1. The molecule has 0 aromatic carbocycles. The molecule has 0 aliphatic rings. The summed E-state index contributed by atoms with van der Waals surface area (Å²) < 4.78 is 0. The van der Waals surface area contributed by atoms with Gasteiger partial charge in [0, 0.05) is 12.5 Å². The van der Waals surface area contributed by atoms with Crippen molar-refractivity contribution >= 4 is 22.9 Å². The Morgan fingerprint density at radius 3 is 2.95 bits per heavy atom. The van der Waals surface area contributed by atoms with E-state index >= 15 is 0 Å². The molecule has 2 rings (SSSR count). The Bertz CT molecular complexity index is 581. The molecule has 1 amide bonds. The molecule has 0 atom stereocenters. The van der Waals surface area contributed by atoms with Crippen molar-refractivity contribution in [3.63, 3.8) is 0 Å². The molecule has 0 fully saturated rings. The fraction of sp³-hybridized carbons (Fsp3) is 0.357. The minimum absolute atomic E-state index is 0.160. The number of hydrogen-bond donors (Lipinski definition) is 2. The third-order valence-electron chi connectivity index (χ3n) is 2.85. The van der Waals surface area contributed by atoms with Gasteiger partial charge in [0.1, 0.15) is 5.82 Å². The first-order valence-electron chi connectivity index (χ1n) is 6.49. The third kappa shape index (κ3) is 3.54. The van der Waals surface area contributed by atoms with Gasteiger partial charge in [0.2, 0.25) is 0 Å². The summed E-state index contributed by atoms with van der Waals surface area (Å²) in [5.41, 5.74) is 7.56. The predicted molar refractivity (Wildman–Crippen MR) is 80.9 cm³/mol. The van der Waals surface area contributed by atoms with Crippen molar-refractivity contribution in [2.75, 3.05) is 12.3 Å². The van der Waals surface area contributed by atoms with E-state index in [9.17, 15) is 4.79 Å². The lowest BCUT2D eigenvalue weighted by Crippen LogP contribution is -2.28. The van der Waals surface area contributed by atoms with E-state index in [-0.39, 0.29) is 17.5 Å². The number of nitrogens with zero attached hydrogens (tertiary/aromatic N) is 2. The Balaban J connectivity index is 1.99. The molecule has 20 heavy (non-hydrogen) atoms. The van der Waals surface area contributed by atoms with Gasteiger partial charge in [0.25, 0.3) is 5.91 Å². The van der Waals surface area contributed by atoms with Crippen LogP contribution in [0.15, 0.2) is 23.0 Å². The van der Waals surface area contributed by atoms with Crippen LogP contribution in [0.2, 0.25) is 0 Å². The molecule has 2 heterocycles. The standard InChI is InChI=1S/C14H18N4OS/c1-9(2)13-17-7-11(15)12(18-13)14(19)16-5-3-10-4-6-20-8-10/h4,6-9H,3,5,15H2,1-2H3,(H,16,19). The molecule has 0 bridgehead atoms. The van der Waals surface area contributed by atoms with Gasteiger partial charge >= 0.3 is 0 Å². The average molecular weight is 290 g/mol. The van der Waals surface area contributed by atoms with Crippen LogP contribution in [0, 0.1) is 0 Å². The molecule has 5 nitrogen and oxygen atoms in total. The van der Waals surface area contributed by atoms with Crippen LogP contribution in [0.25, 0.3) is 0 Å². The summed E-state index contributed by atoms with van der Waals surface area (Å²) in [7, 11) is 0. The number of carbonyl (C=O) groups excluding carboxylic acids is 1. The number of anilines is 1. The Kier molecular flexibility index (Phi) is 4.68. The second-order valence-corrected chi connectivity index (χ2v) is 5.60. The molecular weight excluding hydrogens is 272 g/mol. The lowest BCUT2D eigenvalue weighted by atomic mass is 10.2. The van der Waals surface area contributed by atoms with Gasteiger partial charge in [-0.3, -0.25) is 4.79 Å². The summed E-state index contributed by atoms with van der Waals surface area (Å²) in [4.78, 5) is 20.5. The first-order chi connectivity index (χ1) is 9.58. The second-order valence-electron chi connectivity index (χ2n) is 4.82. The Hall–Kier alpha value is -1.95. The van der Waals surface area contributed by atoms with Crippen molar-refractivity contribution in [1.82, 2.24) is 15.3 Å². The zero-order valence-corrected chi connectivity index (χ0v) is 12.4. The van der Waals surface area contributed by atoms with E-state index in [0.29, 0.717) is 18.1 Å². The highest BCUT2D eigenvalue weighted by atomic mass is 32.1. The Labute approximate surface area is 122 Å². The summed E-state index contributed by atoms with van der Waals surface area (Å²) in [5, 5.41) is 6.93. The number of nitrogen functional groups attached to an aromatic ring is 1. The number of rotatable bonds is 5. The molecule has 3 N–H and O–H groups in total. The van der Waals surface area contributed by atoms with E-state index in [1.165, 1.54) is 11.8 Å². The van der Waals surface area contributed by atoms with Gasteiger partial charge in [-0.25, -0.2) is 9.97 Å². The number of hydrogen-bond acceptors (Lipinski definition) is 5. The molecular formula is C14H18N4OS. The van der Waals surface area contributed by atoms with E-state index in [4.69, 9.17) is 5.73 Å². The smallest absolute Gasteiger partial charge is 0.272 e. The summed E-state index contributed by atoms with van der Waals surface area (Å²) in [6, 6.07) is 2.05. The van der Waals surface area contributed by atoms with Gasteiger partial charge < -0.3 is 11.1 Å². The molecule has 0 saturated heterocycles. The van der Waals surface area contributed by atoms with Crippen molar-refractivity contribution in [2.24, 2.45) is 0 Å². The molecule has 0 radical (unpaired) electrons. The fourth-order valence-electron chi connectivity index (χ4n) is 1.70. The summed E-state index contributed by atoms with van der Waals surface area (Å²) in [6.07, 6.45) is 2.30. The largest absolute Gasteiger partial charge is 0.396 e. The van der Waals surface area contributed by atoms with Crippen LogP contribution in [-0.4, -0.2) is 22.4 Å². The zero-order chi connectivity index (χ0) is 14.5. The highest BCUT2D eigenvalue weighted by molar-refractivity contribution is 7.07. The molecule has 6 heteroatoms. The second kappa shape index (κ2) is 6.47. The van der Waals surface area contributed by atoms with E-state index in [2.05, 4.69) is 20.7 Å². The van der Waals surface area contributed by atoms with Gasteiger partial charge in [-0.15, -0.1) is 0 Å². The third-order valence-corrected chi connectivity index (χ3v) is 3.58. The molecule has 0 aliphatic carbocycles. The monoisotopic (exact) mass is 290 g/mol. The maximum absolute atomic E-state index is 12.1. The summed E-state index contributed by atoms with van der Waals surface area (Å²) in [6.45, 7) is 4.52. The summed E-state index contributed by atoms with van der Waals surface area (Å²) in [5.74, 6) is 0.539. The van der Waals surface area contributed by atoms with Crippen LogP contribution < -0.4 is 11.1 Å². The van der Waals surface area contributed by atoms with E-state index in [1.807, 2.05) is 25.3 Å². The van der Waals surface area contributed by atoms with Crippen LogP contribution in [0.3, 0.4) is 0 Å². The molecule has 0 spiro atoms. The van der Waals surface area contributed by atoms with Crippen molar-refractivity contribution < 1.29 is 4.79 Å². The quantitative estimate of drug-likeness (QED) is 0.884. The maximum atomic E-state index is 12.1. The first-order valence-corrected chi connectivity index (χ1v) is 7.44. The molecule has 0 unspecified atom stereocenters. The van der Waals surface area contributed by atoms with E-state index in [0.717, 1.165) is 6.42 Å². The predicted octanol–water partition coefficient (Wildman–Crippen LogP) is 2.22. The van der Waals surface area contributed by atoms with Crippen LogP contribution in [0.4, 0.5) is 5.69 Å². The Morgan fingerprint density at radius 2 is 2.30 bits per heavy atom. The Morgan fingerprint density at radius 1 is 1.50 bits per heavy atom. The number of amides is 1. The number of carbonyl (C=O) groups is 1. The van der Waals surface area contributed by atoms with Gasteiger partial charge in [0.15, 0.2) is 5.69 Å². The van der Waals surface area contributed by atoms with E-state index < -0.39 is 0 Å². The van der Waals surface area contributed by atoms with Crippen molar-refractivity contribution in [3.8, 4) is 0 Å². The minimum Gasteiger partial charge on any atom is -0.396 e. The zero-order valence-electron chi connectivity index (χ0n) is 11.6. The van der Waals surface area contributed by atoms with Crippen LogP contribution in [0.1, 0.15) is 41.6 Å². The molecule has 0 saturated carbocycles. The first kappa shape index (κ1) is 14.5. The number of nitrogens with one attached hydrogen (secondary N) is 1. The van der Waals surface area contributed by atoms with Gasteiger partial charge in [-0.05, 0) is 28.8 Å². The van der Waals surface area contributed by atoms with E-state index in [1.54, 1.807) is 11.3 Å². The maximum Gasteiger partial charge on any atom is 0.272 e. The van der Waals surface area contributed by atoms with Crippen molar-refractivity contribution in [3.05, 3.63) is 40.1 Å². The van der Waals surface area contributed by atoms with Gasteiger partial charge in [-0.1, -0.05) is 13.8 Å². The van der Waals surface area contributed by atoms with Crippen molar-refractivity contribution in [2.45, 2.75) is 26.2 Å². The SMILES string of the molecule is CC(C)c1ncc(N)c(C(=O)NCCc2ccsc2)n1. The van der Waals surface area contributed by atoms with Gasteiger partial charge in [0.05, 0.1) is 11.9 Å². The minimum atomic E-state index is -0.248. The van der Waals surface area contributed by atoms with Gasteiger partial charge in [-0.2, -0.15) is 11.3 Å². The highest BCUT2D eigenvalue weighted by Gasteiger charge is 2.14. The molecule has 0 aliphatic heterocycles. The van der Waals surface area contributed by atoms with Crippen LogP contribution >= 0.6 is 11.3 Å². The molecule has 2 aromatic heterocycles. The lowest BCUT2D eigenvalue weighted by Gasteiger charge is -2.09. The normalized spacial score (nSPS) is 10.8. The molecule has 2 aromatic rings. The van der Waals surface area contributed by atoms with Crippen LogP contribution in [-0.2, 0) is 6.42 Å². The fourth-order valence-corrected chi connectivity index (χ4v) is 2.41. The number of nitrogens with two attached hydrogens (primary N) is 1. The van der Waals surface area contributed by atoms with Crippen molar-refractivity contribution in [1.29, 1.82) is 0 Å². The lowest BCUT2D eigenvalue weighted by molar-refractivity contribution is 0.0949. The summed E-state index contributed by atoms with van der Waals surface area (Å²) >= 11 is 1.65. The van der Waals surface area contributed by atoms with Crippen LogP contribution in [0.5, 0.6) is 0 Å². The number of aromatic nitrogens is 2.